The van der Waals surface area contributed by atoms with Crippen LogP contribution >= 0.6 is 0 Å². The minimum Gasteiger partial charge on any atom is -0.461 e. The first-order valence-corrected chi connectivity index (χ1v) is 15.6. The second kappa shape index (κ2) is 12.8. The third-order valence-electron chi connectivity index (χ3n) is 8.93. The summed E-state index contributed by atoms with van der Waals surface area (Å²) in [5, 5.41) is 22.1. The lowest BCUT2D eigenvalue weighted by Gasteiger charge is -2.30. The fraction of sp³-hybridized carbons (Fsp3) is 0.441. The molecule has 43 heavy (non-hydrogen) atoms. The van der Waals surface area contributed by atoms with Crippen molar-refractivity contribution in [3.05, 3.63) is 59.9 Å². The zero-order chi connectivity index (χ0) is 29.8. The number of benzene rings is 1. The van der Waals surface area contributed by atoms with Crippen LogP contribution in [0.25, 0.3) is 11.1 Å². The van der Waals surface area contributed by atoms with E-state index < -0.39 is 5.97 Å². The number of carbonyl (C=O) groups is 1. The molecule has 2 N–H and O–H groups in total. The van der Waals surface area contributed by atoms with Gasteiger partial charge in [0.05, 0.1) is 12.7 Å². The minimum atomic E-state index is -0.496. The molecule has 2 saturated heterocycles. The second-order valence-corrected chi connectivity index (χ2v) is 11.7. The summed E-state index contributed by atoms with van der Waals surface area (Å²) in [7, 11) is 0. The van der Waals surface area contributed by atoms with Gasteiger partial charge in [0.25, 0.3) is 0 Å². The molecule has 3 aromatic rings. The number of nitrogens with one attached hydrogen (secondary N) is 2. The van der Waals surface area contributed by atoms with Crippen molar-refractivity contribution in [2.75, 3.05) is 47.9 Å². The van der Waals surface area contributed by atoms with Crippen LogP contribution in [-0.2, 0) is 4.74 Å². The van der Waals surface area contributed by atoms with E-state index in [1.807, 2.05) is 30.5 Å². The molecule has 2 aliphatic heterocycles. The fourth-order valence-corrected chi connectivity index (χ4v) is 6.21. The number of piperidine rings is 1. The summed E-state index contributed by atoms with van der Waals surface area (Å²) in [6.07, 6.45) is 8.93. The molecule has 6 rings (SSSR count). The van der Waals surface area contributed by atoms with Crippen LogP contribution in [0.1, 0.15) is 67.9 Å². The SMILES string of the molecule is CCOC(=O)c1cc(-c2ccc(N3CCC(C#N)CC3)nc2)c(C(=N)C2CCC2)c(Nc2cccc(N3CCCC3)c2)n1. The summed E-state index contributed by atoms with van der Waals surface area (Å²) in [5.74, 6) is 1.12. The molecule has 222 valence electrons. The molecular weight excluding hydrogens is 538 g/mol. The van der Waals surface area contributed by atoms with Crippen molar-refractivity contribution in [2.24, 2.45) is 11.8 Å². The topological polar surface area (TPSA) is 118 Å². The molecule has 0 amide bonds. The maximum Gasteiger partial charge on any atom is 0.357 e. The van der Waals surface area contributed by atoms with Gasteiger partial charge in [-0.3, -0.25) is 0 Å². The van der Waals surface area contributed by atoms with Crippen LogP contribution in [0.15, 0.2) is 48.7 Å². The molecule has 1 aliphatic carbocycles. The van der Waals surface area contributed by atoms with Crippen LogP contribution in [-0.4, -0.2) is 54.4 Å². The predicted molar refractivity (Wildman–Crippen MR) is 169 cm³/mol. The summed E-state index contributed by atoms with van der Waals surface area (Å²) in [4.78, 5) is 27.2. The van der Waals surface area contributed by atoms with Crippen molar-refractivity contribution in [3.8, 4) is 17.2 Å². The molecule has 2 aromatic heterocycles. The summed E-state index contributed by atoms with van der Waals surface area (Å²) in [5.41, 5.74) is 5.01. The van der Waals surface area contributed by atoms with E-state index in [-0.39, 0.29) is 24.1 Å². The van der Waals surface area contributed by atoms with Gasteiger partial charge in [0.2, 0.25) is 0 Å². The number of nitriles is 1. The van der Waals surface area contributed by atoms with E-state index in [1.165, 1.54) is 12.8 Å². The van der Waals surface area contributed by atoms with E-state index >= 15 is 0 Å². The Morgan fingerprint density at radius 3 is 2.49 bits per heavy atom. The highest BCUT2D eigenvalue weighted by atomic mass is 16.5. The van der Waals surface area contributed by atoms with Crippen LogP contribution < -0.4 is 15.1 Å². The van der Waals surface area contributed by atoms with Crippen molar-refractivity contribution in [1.82, 2.24) is 9.97 Å². The van der Waals surface area contributed by atoms with Gasteiger partial charge in [-0.05, 0) is 87.4 Å². The fourth-order valence-electron chi connectivity index (χ4n) is 6.21. The van der Waals surface area contributed by atoms with Crippen LogP contribution in [0.5, 0.6) is 0 Å². The molecule has 3 aliphatic rings. The first kappa shape index (κ1) is 28.7. The number of rotatable bonds is 9. The van der Waals surface area contributed by atoms with E-state index in [1.54, 1.807) is 13.0 Å². The quantitative estimate of drug-likeness (QED) is 0.217. The third-order valence-corrected chi connectivity index (χ3v) is 8.93. The number of pyridine rings is 2. The molecule has 4 heterocycles. The van der Waals surface area contributed by atoms with Gasteiger partial charge in [0.1, 0.15) is 11.6 Å². The van der Waals surface area contributed by atoms with Crippen molar-refractivity contribution < 1.29 is 9.53 Å². The van der Waals surface area contributed by atoms with Crippen molar-refractivity contribution in [2.45, 2.75) is 51.9 Å². The molecule has 0 radical (unpaired) electrons. The maximum atomic E-state index is 13.0. The van der Waals surface area contributed by atoms with Crippen LogP contribution in [0.4, 0.5) is 23.0 Å². The van der Waals surface area contributed by atoms with Gasteiger partial charge in [-0.15, -0.1) is 0 Å². The number of anilines is 4. The van der Waals surface area contributed by atoms with Gasteiger partial charge in [-0.1, -0.05) is 12.5 Å². The van der Waals surface area contributed by atoms with E-state index in [2.05, 4.69) is 33.3 Å². The first-order valence-electron chi connectivity index (χ1n) is 15.6. The Morgan fingerprint density at radius 1 is 1.05 bits per heavy atom. The molecule has 0 bridgehead atoms. The zero-order valence-electron chi connectivity index (χ0n) is 24.8. The highest BCUT2D eigenvalue weighted by Crippen LogP contribution is 2.38. The van der Waals surface area contributed by atoms with E-state index in [9.17, 15) is 15.5 Å². The lowest BCUT2D eigenvalue weighted by Crippen LogP contribution is -2.33. The molecule has 0 spiro atoms. The first-order chi connectivity index (χ1) is 21.0. The van der Waals surface area contributed by atoms with Crippen LogP contribution in [0.3, 0.4) is 0 Å². The lowest BCUT2D eigenvalue weighted by atomic mass is 9.78. The number of aromatic nitrogens is 2. The summed E-state index contributed by atoms with van der Waals surface area (Å²) in [6, 6.07) is 16.4. The average Bonchev–Trinajstić information content (AvgIpc) is 3.56. The number of hydrogen-bond acceptors (Lipinski definition) is 9. The Bertz CT molecular complexity index is 1510. The monoisotopic (exact) mass is 577 g/mol. The standard InChI is InChI=1S/C34H39N7O2/c1-2-43-34(42)29-20-28(25-11-12-30(37-22-25)41-17-13-23(21-35)14-18-41)31(32(36)24-7-5-8-24)33(39-29)38-26-9-6-10-27(19-26)40-15-3-4-16-40/h6,9-12,19-20,22-24,36H,2-5,7-8,13-18H2,1H3,(H,38,39). The lowest BCUT2D eigenvalue weighted by molar-refractivity contribution is 0.0519. The Balaban J connectivity index is 1.40. The summed E-state index contributed by atoms with van der Waals surface area (Å²) >= 11 is 0. The molecule has 1 saturated carbocycles. The normalized spacial score (nSPS) is 17.3. The number of carbonyl (C=O) groups excluding carboxylic acids is 1. The van der Waals surface area contributed by atoms with E-state index in [0.717, 1.165) is 86.6 Å². The smallest absolute Gasteiger partial charge is 0.357 e. The maximum absolute atomic E-state index is 13.0. The average molecular weight is 578 g/mol. The van der Waals surface area contributed by atoms with Gasteiger partial charge in [0.15, 0.2) is 5.69 Å². The van der Waals surface area contributed by atoms with E-state index in [4.69, 9.17) is 14.7 Å². The Kier molecular flexibility index (Phi) is 8.55. The largest absolute Gasteiger partial charge is 0.461 e. The zero-order valence-corrected chi connectivity index (χ0v) is 24.8. The second-order valence-electron chi connectivity index (χ2n) is 11.7. The van der Waals surface area contributed by atoms with Crippen LogP contribution in [0, 0.1) is 28.6 Å². The van der Waals surface area contributed by atoms with Crippen molar-refractivity contribution >= 4 is 34.7 Å². The summed E-state index contributed by atoms with van der Waals surface area (Å²) < 4.78 is 5.37. The molecule has 3 fully saturated rings. The minimum absolute atomic E-state index is 0.107. The van der Waals surface area contributed by atoms with Gasteiger partial charge in [-0.2, -0.15) is 5.26 Å². The highest BCUT2D eigenvalue weighted by molar-refractivity contribution is 6.11. The Labute approximate surface area is 253 Å². The van der Waals surface area contributed by atoms with E-state index in [0.29, 0.717) is 17.1 Å². The molecule has 0 atom stereocenters. The van der Waals surface area contributed by atoms with Gasteiger partial charge < -0.3 is 25.3 Å². The van der Waals surface area contributed by atoms with Crippen molar-refractivity contribution in [1.29, 1.82) is 10.7 Å². The number of nitrogens with zero attached hydrogens (tertiary/aromatic N) is 5. The molecule has 0 unspecified atom stereocenters. The molecular formula is C34H39N7O2. The Morgan fingerprint density at radius 2 is 1.84 bits per heavy atom. The Hall–Kier alpha value is -4.45. The van der Waals surface area contributed by atoms with Gasteiger partial charge in [0, 0.05) is 72.4 Å². The molecule has 1 aromatic carbocycles. The van der Waals surface area contributed by atoms with Crippen molar-refractivity contribution in [3.63, 3.8) is 0 Å². The molecule has 9 nitrogen and oxygen atoms in total. The molecule has 9 heteroatoms. The third kappa shape index (κ3) is 6.19. The van der Waals surface area contributed by atoms with Gasteiger partial charge in [-0.25, -0.2) is 14.8 Å². The summed E-state index contributed by atoms with van der Waals surface area (Å²) in [6.45, 7) is 5.71. The highest BCUT2D eigenvalue weighted by Gasteiger charge is 2.30. The van der Waals surface area contributed by atoms with Gasteiger partial charge >= 0.3 is 5.97 Å². The number of ether oxygens (including phenoxy) is 1. The number of esters is 1. The predicted octanol–water partition coefficient (Wildman–Crippen LogP) is 6.57. The number of hydrogen-bond donors (Lipinski definition) is 2. The van der Waals surface area contributed by atoms with Crippen LogP contribution in [0.2, 0.25) is 0 Å².